The molecule has 2 rings (SSSR count). The molecule has 2 aromatic heterocycles. The summed E-state index contributed by atoms with van der Waals surface area (Å²) in [7, 11) is -3.71. The van der Waals surface area contributed by atoms with Crippen molar-refractivity contribution < 1.29 is 12.9 Å². The van der Waals surface area contributed by atoms with Crippen molar-refractivity contribution in [2.45, 2.75) is 31.7 Å². The molecule has 4 N–H and O–H groups in total. The van der Waals surface area contributed by atoms with Gasteiger partial charge in [0.25, 0.3) is 0 Å². The van der Waals surface area contributed by atoms with Crippen molar-refractivity contribution in [1.29, 1.82) is 0 Å². The van der Waals surface area contributed by atoms with Crippen molar-refractivity contribution in [3.63, 3.8) is 0 Å². The molecule has 2 heterocycles. The molecule has 9 heteroatoms. The minimum Gasteiger partial charge on any atom is -0.361 e. The summed E-state index contributed by atoms with van der Waals surface area (Å²) in [5.41, 5.74) is 3.69. The van der Waals surface area contributed by atoms with Crippen LogP contribution in [0.3, 0.4) is 0 Å². The average Bonchev–Trinajstić information content (AvgIpc) is 2.77. The van der Waals surface area contributed by atoms with E-state index in [9.17, 15) is 8.42 Å². The van der Waals surface area contributed by atoms with Gasteiger partial charge in [-0.2, -0.15) is 0 Å². The standard InChI is InChI=1S/C12H17N5O3S/c1-7-12(9(3)20-16-7)8(2)17-21(18,19)10-4-5-14-11(6-10)15-13/h4-6,8,17H,13H2,1-3H3,(H,14,15). The van der Waals surface area contributed by atoms with Gasteiger partial charge in [-0.3, -0.25) is 0 Å². The summed E-state index contributed by atoms with van der Waals surface area (Å²) in [4.78, 5) is 3.95. The lowest BCUT2D eigenvalue weighted by Gasteiger charge is -2.14. The van der Waals surface area contributed by atoms with Gasteiger partial charge in [-0.15, -0.1) is 0 Å². The summed E-state index contributed by atoms with van der Waals surface area (Å²) in [6.45, 7) is 5.23. The Hall–Kier alpha value is -1.97. The largest absolute Gasteiger partial charge is 0.361 e. The summed E-state index contributed by atoms with van der Waals surface area (Å²) in [6, 6.07) is 2.27. The number of hydrogen-bond donors (Lipinski definition) is 3. The summed E-state index contributed by atoms with van der Waals surface area (Å²) >= 11 is 0. The molecule has 2 aromatic rings. The molecule has 0 saturated heterocycles. The third kappa shape index (κ3) is 3.20. The first kappa shape index (κ1) is 15.4. The van der Waals surface area contributed by atoms with Gasteiger partial charge in [-0.1, -0.05) is 5.16 Å². The molecular formula is C12H17N5O3S. The minimum absolute atomic E-state index is 0.0732. The number of rotatable bonds is 5. The third-order valence-electron chi connectivity index (χ3n) is 3.04. The van der Waals surface area contributed by atoms with E-state index < -0.39 is 16.1 Å². The van der Waals surface area contributed by atoms with Gasteiger partial charge in [-0.05, 0) is 26.8 Å². The van der Waals surface area contributed by atoms with E-state index in [1.54, 1.807) is 20.8 Å². The monoisotopic (exact) mass is 311 g/mol. The van der Waals surface area contributed by atoms with Crippen molar-refractivity contribution in [2.75, 3.05) is 5.43 Å². The Kier molecular flexibility index (Phi) is 4.26. The summed E-state index contributed by atoms with van der Waals surface area (Å²) in [6.07, 6.45) is 1.37. The van der Waals surface area contributed by atoms with Crippen molar-refractivity contribution in [3.05, 3.63) is 35.3 Å². The lowest BCUT2D eigenvalue weighted by molar-refractivity contribution is 0.391. The Balaban J connectivity index is 2.29. The second-order valence-electron chi connectivity index (χ2n) is 4.60. The number of hydrazine groups is 1. The molecule has 0 aliphatic carbocycles. The topological polar surface area (TPSA) is 123 Å². The predicted octanol–water partition coefficient (Wildman–Crippen LogP) is 1.01. The molecular weight excluding hydrogens is 294 g/mol. The van der Waals surface area contributed by atoms with E-state index in [-0.39, 0.29) is 10.7 Å². The maximum absolute atomic E-state index is 12.4. The predicted molar refractivity (Wildman–Crippen MR) is 76.8 cm³/mol. The molecule has 0 fully saturated rings. The highest BCUT2D eigenvalue weighted by Crippen LogP contribution is 2.23. The van der Waals surface area contributed by atoms with Crippen LogP contribution in [0, 0.1) is 13.8 Å². The van der Waals surface area contributed by atoms with Crippen LogP contribution in [0.25, 0.3) is 0 Å². The lowest BCUT2D eigenvalue weighted by Crippen LogP contribution is -2.27. The van der Waals surface area contributed by atoms with E-state index in [1.165, 1.54) is 18.3 Å². The highest BCUT2D eigenvalue weighted by molar-refractivity contribution is 7.89. The first-order valence-electron chi connectivity index (χ1n) is 6.23. The summed E-state index contributed by atoms with van der Waals surface area (Å²) < 4.78 is 32.4. The molecule has 0 radical (unpaired) electrons. The van der Waals surface area contributed by atoms with E-state index in [1.807, 2.05) is 0 Å². The Morgan fingerprint density at radius 2 is 2.10 bits per heavy atom. The van der Waals surface area contributed by atoms with Crippen molar-refractivity contribution >= 4 is 15.8 Å². The summed E-state index contributed by atoms with van der Waals surface area (Å²) in [5, 5.41) is 3.82. The maximum Gasteiger partial charge on any atom is 0.241 e. The number of nitrogen functional groups attached to an aromatic ring is 1. The van der Waals surface area contributed by atoms with Crippen LogP contribution >= 0.6 is 0 Å². The molecule has 8 nitrogen and oxygen atoms in total. The Morgan fingerprint density at radius 1 is 1.38 bits per heavy atom. The molecule has 0 bridgehead atoms. The second-order valence-corrected chi connectivity index (χ2v) is 6.32. The highest BCUT2D eigenvalue weighted by Gasteiger charge is 2.23. The lowest BCUT2D eigenvalue weighted by atomic mass is 10.1. The number of nitrogens with one attached hydrogen (secondary N) is 2. The van der Waals surface area contributed by atoms with Crippen LogP contribution in [0.5, 0.6) is 0 Å². The van der Waals surface area contributed by atoms with Crippen LogP contribution in [0.4, 0.5) is 5.82 Å². The van der Waals surface area contributed by atoms with Gasteiger partial charge in [0, 0.05) is 23.9 Å². The van der Waals surface area contributed by atoms with Gasteiger partial charge in [0.1, 0.15) is 11.6 Å². The van der Waals surface area contributed by atoms with Crippen molar-refractivity contribution in [3.8, 4) is 0 Å². The van der Waals surface area contributed by atoms with Gasteiger partial charge in [0.15, 0.2) is 0 Å². The van der Waals surface area contributed by atoms with E-state index in [0.29, 0.717) is 11.5 Å². The van der Waals surface area contributed by atoms with E-state index in [2.05, 4.69) is 20.3 Å². The fourth-order valence-electron chi connectivity index (χ4n) is 2.13. The normalized spacial score (nSPS) is 13.1. The Bertz CT molecular complexity index is 722. The zero-order valence-electron chi connectivity index (χ0n) is 11.9. The number of aryl methyl sites for hydroxylation is 2. The van der Waals surface area contributed by atoms with Gasteiger partial charge in [0.2, 0.25) is 10.0 Å². The molecule has 0 aliphatic rings. The molecule has 0 aliphatic heterocycles. The maximum atomic E-state index is 12.4. The van der Waals surface area contributed by atoms with Crippen LogP contribution in [0.15, 0.2) is 27.7 Å². The SMILES string of the molecule is Cc1noc(C)c1C(C)NS(=O)(=O)c1ccnc(NN)c1. The first-order valence-corrected chi connectivity index (χ1v) is 7.71. The quantitative estimate of drug-likeness (QED) is 0.556. The molecule has 114 valence electrons. The number of aromatic nitrogens is 2. The van der Waals surface area contributed by atoms with Gasteiger partial charge in [-0.25, -0.2) is 24.0 Å². The minimum atomic E-state index is -3.71. The third-order valence-corrected chi connectivity index (χ3v) is 4.58. The molecule has 0 spiro atoms. The molecule has 0 amide bonds. The second kappa shape index (κ2) is 5.80. The number of pyridine rings is 1. The van der Waals surface area contributed by atoms with Crippen molar-refractivity contribution in [1.82, 2.24) is 14.9 Å². The van der Waals surface area contributed by atoms with E-state index in [4.69, 9.17) is 10.4 Å². The van der Waals surface area contributed by atoms with Gasteiger partial charge >= 0.3 is 0 Å². The molecule has 21 heavy (non-hydrogen) atoms. The van der Waals surface area contributed by atoms with E-state index >= 15 is 0 Å². The number of hydrogen-bond acceptors (Lipinski definition) is 7. The molecule has 1 atom stereocenters. The molecule has 0 aromatic carbocycles. The first-order chi connectivity index (χ1) is 9.85. The molecule has 1 unspecified atom stereocenters. The van der Waals surface area contributed by atoms with Crippen molar-refractivity contribution in [2.24, 2.45) is 5.84 Å². The molecule has 0 saturated carbocycles. The number of nitrogens with two attached hydrogens (primary N) is 1. The number of anilines is 1. The van der Waals surface area contributed by atoms with Gasteiger partial charge < -0.3 is 9.95 Å². The van der Waals surface area contributed by atoms with Crippen LogP contribution < -0.4 is 16.0 Å². The number of sulfonamides is 1. The number of nitrogens with zero attached hydrogens (tertiary/aromatic N) is 2. The Labute approximate surface area is 122 Å². The van der Waals surface area contributed by atoms with Gasteiger partial charge in [0.05, 0.1) is 10.6 Å². The fraction of sp³-hybridized carbons (Fsp3) is 0.333. The zero-order chi connectivity index (χ0) is 15.6. The fourth-order valence-corrected chi connectivity index (χ4v) is 3.35. The smallest absolute Gasteiger partial charge is 0.241 e. The van der Waals surface area contributed by atoms with Crippen LogP contribution in [0.1, 0.15) is 30.0 Å². The van der Waals surface area contributed by atoms with Crippen LogP contribution in [0.2, 0.25) is 0 Å². The summed E-state index contributed by atoms with van der Waals surface area (Å²) in [5.74, 6) is 6.08. The van der Waals surface area contributed by atoms with Crippen LogP contribution in [-0.4, -0.2) is 18.6 Å². The van der Waals surface area contributed by atoms with E-state index in [0.717, 1.165) is 5.56 Å². The van der Waals surface area contributed by atoms with Crippen LogP contribution in [-0.2, 0) is 10.0 Å². The highest BCUT2D eigenvalue weighted by atomic mass is 32.2. The Morgan fingerprint density at radius 3 is 2.67 bits per heavy atom. The zero-order valence-corrected chi connectivity index (χ0v) is 12.7. The average molecular weight is 311 g/mol.